The molecule has 0 aromatic carbocycles. The standard InChI is InChI=1S/BH3O3.ClH.Na.Ni.H2O4S/c2-1(3)4;;;;1-5(2,3)4/h2-4H;1H;;;(H2,1,2,3,4)/q;;+1;+2;/p-3. The third-order valence-electron chi connectivity index (χ3n) is 0. The smallest absolute Gasteiger partial charge is 1.00 e. The number of hydrogen-bond donors (Lipinski definition) is 3. The van der Waals surface area contributed by atoms with Gasteiger partial charge < -0.3 is 36.6 Å². The average molecular weight is 275 g/mol. The van der Waals surface area contributed by atoms with Crippen molar-refractivity contribution in [3.05, 3.63) is 0 Å². The minimum atomic E-state index is -5.17. The van der Waals surface area contributed by atoms with Crippen LogP contribution in [0, 0.1) is 0 Å². The largest absolute Gasteiger partial charge is 2.00 e. The van der Waals surface area contributed by atoms with Crippen molar-refractivity contribution in [2.75, 3.05) is 0 Å². The summed E-state index contributed by atoms with van der Waals surface area (Å²) in [4.78, 5) is 0. The molecule has 0 aliphatic heterocycles. The monoisotopic (exact) mass is 274 g/mol. The molecule has 0 bridgehead atoms. The van der Waals surface area contributed by atoms with Gasteiger partial charge in [0, 0.05) is 10.4 Å². The van der Waals surface area contributed by atoms with Crippen molar-refractivity contribution in [2.24, 2.45) is 0 Å². The summed E-state index contributed by atoms with van der Waals surface area (Å²) in [6.07, 6.45) is 0. The molecular weight excluding hydrogens is 272 g/mol. The molecule has 0 saturated heterocycles. The van der Waals surface area contributed by atoms with Crippen LogP contribution in [0.15, 0.2) is 0 Å². The topological polar surface area (TPSA) is 141 Å². The van der Waals surface area contributed by atoms with Gasteiger partial charge in [-0.2, -0.15) is 0 Å². The minimum absolute atomic E-state index is 0. The van der Waals surface area contributed by atoms with Crippen LogP contribution < -0.4 is 42.0 Å². The summed E-state index contributed by atoms with van der Waals surface area (Å²) in [6.45, 7) is 0. The Kier molecular flexibility index (Phi) is 36.7. The summed E-state index contributed by atoms with van der Waals surface area (Å²) in [5.41, 5.74) is 0. The van der Waals surface area contributed by atoms with E-state index in [0.717, 1.165) is 0 Å². The summed E-state index contributed by atoms with van der Waals surface area (Å²) >= 11 is 0. The Balaban J connectivity index is -0.0000000221. The Labute approximate surface area is 108 Å². The average Bonchev–Trinajstić information content (AvgIpc) is 1.19. The van der Waals surface area contributed by atoms with Gasteiger partial charge >= 0.3 is 53.4 Å². The Bertz CT molecular complexity index is 135. The van der Waals surface area contributed by atoms with E-state index >= 15 is 0 Å². The molecule has 3 N–H and O–H groups in total. The van der Waals surface area contributed by atoms with Gasteiger partial charge in [-0.15, -0.1) is 0 Å². The fourth-order valence-electron chi connectivity index (χ4n) is 0. The predicted octanol–water partition coefficient (Wildman–Crippen LogP) is -9.38. The predicted molar refractivity (Wildman–Crippen MR) is 22.9 cm³/mol. The molecule has 0 spiro atoms. The second-order valence-electron chi connectivity index (χ2n) is 0.755. The first kappa shape index (κ1) is 29.2. The Morgan fingerprint density at radius 2 is 1.08 bits per heavy atom. The summed E-state index contributed by atoms with van der Waals surface area (Å²) < 4.78 is 34.1. The molecule has 0 radical (unpaired) electrons. The molecule has 7 nitrogen and oxygen atoms in total. The molecule has 0 aliphatic carbocycles. The van der Waals surface area contributed by atoms with E-state index in [4.69, 9.17) is 32.6 Å². The maximum atomic E-state index is 8.52. The van der Waals surface area contributed by atoms with E-state index in [0.29, 0.717) is 0 Å². The van der Waals surface area contributed by atoms with Crippen LogP contribution in [0.1, 0.15) is 0 Å². The Morgan fingerprint density at radius 3 is 1.08 bits per heavy atom. The minimum Gasteiger partial charge on any atom is -1.00 e. The molecule has 0 amide bonds. The normalized spacial score (nSPS) is 7.08. The molecular formula is H3BClNaNiO7S. The maximum Gasteiger partial charge on any atom is 2.00 e. The molecule has 0 fully saturated rings. The van der Waals surface area contributed by atoms with Gasteiger partial charge in [0.15, 0.2) is 0 Å². The van der Waals surface area contributed by atoms with E-state index in [1.54, 1.807) is 0 Å². The van der Waals surface area contributed by atoms with Crippen LogP contribution in [0.4, 0.5) is 0 Å². The van der Waals surface area contributed by atoms with Gasteiger partial charge in [-0.3, -0.25) is 8.42 Å². The van der Waals surface area contributed by atoms with Gasteiger partial charge in [-0.05, 0) is 0 Å². The second-order valence-corrected chi connectivity index (χ2v) is 1.57. The summed E-state index contributed by atoms with van der Waals surface area (Å²) in [6, 6.07) is 0. The van der Waals surface area contributed by atoms with E-state index in [-0.39, 0.29) is 58.5 Å². The van der Waals surface area contributed by atoms with Crippen molar-refractivity contribution in [1.82, 2.24) is 0 Å². The molecule has 0 heterocycles. The van der Waals surface area contributed by atoms with Crippen LogP contribution in [0.3, 0.4) is 0 Å². The number of hydrogen-bond acceptors (Lipinski definition) is 7. The molecule has 0 atom stereocenters. The number of rotatable bonds is 0. The Morgan fingerprint density at radius 1 is 1.08 bits per heavy atom. The second kappa shape index (κ2) is 15.1. The molecule has 0 unspecified atom stereocenters. The van der Waals surface area contributed by atoms with Gasteiger partial charge in [-0.1, -0.05) is 0 Å². The molecule has 72 valence electrons. The van der Waals surface area contributed by atoms with Crippen molar-refractivity contribution >= 4 is 17.7 Å². The SMILES string of the molecule is O=S(=O)([O-])[O-].OB(O)O.[Cl-].[Na+].[Ni+2]. The van der Waals surface area contributed by atoms with Gasteiger partial charge in [0.25, 0.3) is 0 Å². The van der Waals surface area contributed by atoms with Crippen LogP contribution >= 0.6 is 0 Å². The third-order valence-corrected chi connectivity index (χ3v) is 0. The summed E-state index contributed by atoms with van der Waals surface area (Å²) in [5, 5.41) is 21.5. The molecule has 0 aliphatic rings. The first-order chi connectivity index (χ1) is 3.73. The first-order valence-electron chi connectivity index (χ1n) is 1.44. The zero-order valence-corrected chi connectivity index (χ0v) is 10.2. The van der Waals surface area contributed by atoms with E-state index in [1.165, 1.54) is 0 Å². The molecule has 12 heavy (non-hydrogen) atoms. The van der Waals surface area contributed by atoms with Gasteiger partial charge in [0.2, 0.25) is 0 Å². The zero-order chi connectivity index (χ0) is 8.08. The first-order valence-corrected chi connectivity index (χ1v) is 2.77. The summed E-state index contributed by atoms with van der Waals surface area (Å²) in [7, 11) is -7.33. The van der Waals surface area contributed by atoms with Crippen molar-refractivity contribution in [3.63, 3.8) is 0 Å². The Hall–Kier alpha value is 1.60. The van der Waals surface area contributed by atoms with Crippen LogP contribution in [-0.4, -0.2) is 39.9 Å². The quantitative estimate of drug-likeness (QED) is 0.226. The zero-order valence-electron chi connectivity index (χ0n) is 5.65. The molecule has 0 rings (SSSR count). The van der Waals surface area contributed by atoms with Crippen LogP contribution in [0.2, 0.25) is 0 Å². The molecule has 0 aromatic heterocycles. The van der Waals surface area contributed by atoms with Crippen molar-refractivity contribution < 1.29 is 91.1 Å². The third kappa shape index (κ3) is 510. The summed E-state index contributed by atoms with van der Waals surface area (Å²) in [5.74, 6) is 0. The fourth-order valence-corrected chi connectivity index (χ4v) is 0. The van der Waals surface area contributed by atoms with Crippen LogP contribution in [-0.2, 0) is 26.9 Å². The van der Waals surface area contributed by atoms with Crippen molar-refractivity contribution in [3.8, 4) is 0 Å². The van der Waals surface area contributed by atoms with E-state index in [2.05, 4.69) is 0 Å². The molecule has 0 aromatic rings. The maximum absolute atomic E-state index is 8.52. The number of halogens is 1. The van der Waals surface area contributed by atoms with Gasteiger partial charge in [-0.25, -0.2) is 0 Å². The fraction of sp³-hybridized carbons (Fsp3) is 0. The van der Waals surface area contributed by atoms with E-state index in [9.17, 15) is 0 Å². The van der Waals surface area contributed by atoms with Gasteiger partial charge in [0.05, 0.1) is 0 Å². The van der Waals surface area contributed by atoms with Crippen molar-refractivity contribution in [2.45, 2.75) is 0 Å². The van der Waals surface area contributed by atoms with Crippen molar-refractivity contribution in [1.29, 1.82) is 0 Å². The van der Waals surface area contributed by atoms with Crippen LogP contribution in [0.25, 0.3) is 0 Å². The van der Waals surface area contributed by atoms with E-state index < -0.39 is 17.7 Å². The van der Waals surface area contributed by atoms with Crippen LogP contribution in [0.5, 0.6) is 0 Å². The molecule has 12 heteroatoms. The van der Waals surface area contributed by atoms with Gasteiger partial charge in [0.1, 0.15) is 0 Å². The molecule has 0 saturated carbocycles. The van der Waals surface area contributed by atoms with E-state index in [1.807, 2.05) is 0 Å².